The fraction of sp³-hybridized carbons (Fsp3) is 0.833. The highest BCUT2D eigenvalue weighted by atomic mass is 16.5. The molecule has 0 saturated heterocycles. The van der Waals surface area contributed by atoms with Crippen molar-refractivity contribution in [3.63, 3.8) is 0 Å². The summed E-state index contributed by atoms with van der Waals surface area (Å²) in [5.74, 6) is 0. The minimum atomic E-state index is 0.641. The van der Waals surface area contributed by atoms with Gasteiger partial charge >= 0.3 is 0 Å². The van der Waals surface area contributed by atoms with Crippen LogP contribution in [0.3, 0.4) is 0 Å². The van der Waals surface area contributed by atoms with Crippen LogP contribution in [0.4, 0.5) is 0 Å². The van der Waals surface area contributed by atoms with Crippen LogP contribution < -0.4 is 0 Å². The average molecular weight is 198 g/mol. The second-order valence-corrected chi connectivity index (χ2v) is 3.54. The fourth-order valence-corrected chi connectivity index (χ4v) is 1.39. The molecule has 0 spiro atoms. The van der Waals surface area contributed by atoms with E-state index in [1.807, 2.05) is 0 Å². The Hall–Kier alpha value is -0.840. The van der Waals surface area contributed by atoms with Gasteiger partial charge in [-0.3, -0.25) is 0 Å². The lowest BCUT2D eigenvalue weighted by Gasteiger charge is -2.00. The van der Waals surface area contributed by atoms with Gasteiger partial charge in [-0.05, 0) is 6.42 Å². The molecule has 2 nitrogen and oxygen atoms in total. The van der Waals surface area contributed by atoms with Crippen LogP contribution in [0, 0.1) is 12.2 Å². The first-order valence-corrected chi connectivity index (χ1v) is 5.67. The van der Waals surface area contributed by atoms with E-state index < -0.39 is 0 Å². The standard InChI is InChI=1S/C12H22O2/c1-2-3-4-5-6-7-8-9-11-14-12-10-13/h13H,2-9,11H2,1H3. The molecule has 0 heterocycles. The summed E-state index contributed by atoms with van der Waals surface area (Å²) in [6.45, 7) is 2.88. The van der Waals surface area contributed by atoms with Crippen LogP contribution in [0.15, 0.2) is 0 Å². The van der Waals surface area contributed by atoms with Crippen molar-refractivity contribution < 1.29 is 9.84 Å². The van der Waals surface area contributed by atoms with Crippen LogP contribution in [-0.4, -0.2) is 11.7 Å². The summed E-state index contributed by atoms with van der Waals surface area (Å²) in [4.78, 5) is 0. The fourth-order valence-electron chi connectivity index (χ4n) is 1.39. The molecule has 0 unspecified atom stereocenters. The summed E-state index contributed by atoms with van der Waals surface area (Å²) in [5, 5.41) is 8.10. The highest BCUT2D eigenvalue weighted by Crippen LogP contribution is 2.08. The van der Waals surface area contributed by atoms with Gasteiger partial charge in [0.25, 0.3) is 0 Å². The summed E-state index contributed by atoms with van der Waals surface area (Å²) in [6, 6.07) is 0. The number of rotatable bonds is 9. The first-order valence-electron chi connectivity index (χ1n) is 5.67. The van der Waals surface area contributed by atoms with Crippen molar-refractivity contribution in [1.82, 2.24) is 0 Å². The maximum absolute atomic E-state index is 8.10. The zero-order valence-corrected chi connectivity index (χ0v) is 9.22. The molecule has 0 bridgehead atoms. The molecule has 0 aliphatic rings. The van der Waals surface area contributed by atoms with Crippen molar-refractivity contribution in [3.8, 4) is 12.2 Å². The van der Waals surface area contributed by atoms with Gasteiger partial charge in [-0.1, -0.05) is 51.9 Å². The van der Waals surface area contributed by atoms with Gasteiger partial charge in [0.15, 0.2) is 12.2 Å². The second-order valence-electron chi connectivity index (χ2n) is 3.54. The lowest BCUT2D eigenvalue weighted by atomic mass is 10.1. The molecule has 0 amide bonds. The van der Waals surface area contributed by atoms with E-state index in [2.05, 4.69) is 13.0 Å². The normalized spacial score (nSPS) is 9.21. The van der Waals surface area contributed by atoms with Gasteiger partial charge in [0.05, 0.1) is 0 Å². The Bertz CT molecular complexity index is 155. The van der Waals surface area contributed by atoms with E-state index in [4.69, 9.17) is 9.84 Å². The average Bonchev–Trinajstić information content (AvgIpc) is 2.21. The molecule has 0 aliphatic carbocycles. The topological polar surface area (TPSA) is 29.5 Å². The van der Waals surface area contributed by atoms with Crippen molar-refractivity contribution in [1.29, 1.82) is 0 Å². The lowest BCUT2D eigenvalue weighted by Crippen LogP contribution is -1.88. The van der Waals surface area contributed by atoms with Crippen molar-refractivity contribution >= 4 is 0 Å². The third-order valence-corrected chi connectivity index (χ3v) is 2.22. The van der Waals surface area contributed by atoms with E-state index in [9.17, 15) is 0 Å². The molecule has 0 rings (SSSR count). The van der Waals surface area contributed by atoms with Crippen molar-refractivity contribution in [3.05, 3.63) is 0 Å². The third-order valence-electron chi connectivity index (χ3n) is 2.22. The first kappa shape index (κ1) is 13.2. The smallest absolute Gasteiger partial charge is 0.154 e. The Kier molecular flexibility index (Phi) is 11.4. The molecule has 0 aromatic rings. The van der Waals surface area contributed by atoms with Crippen molar-refractivity contribution in [2.75, 3.05) is 6.61 Å². The number of aliphatic hydroxyl groups is 1. The Morgan fingerprint density at radius 3 is 2.07 bits per heavy atom. The number of hydrogen-bond acceptors (Lipinski definition) is 2. The third kappa shape index (κ3) is 11.2. The minimum absolute atomic E-state index is 0.641. The molecule has 0 radical (unpaired) electrons. The number of ether oxygens (including phenoxy) is 1. The summed E-state index contributed by atoms with van der Waals surface area (Å²) in [5.41, 5.74) is 0. The van der Waals surface area contributed by atoms with Gasteiger partial charge in [-0.25, -0.2) is 0 Å². The molecular weight excluding hydrogens is 176 g/mol. The number of aliphatic hydroxyl groups excluding tert-OH is 1. The molecule has 1 N–H and O–H groups in total. The van der Waals surface area contributed by atoms with Crippen LogP contribution in [0.25, 0.3) is 0 Å². The largest absolute Gasteiger partial charge is 0.460 e. The van der Waals surface area contributed by atoms with Gasteiger partial charge in [0.1, 0.15) is 6.61 Å². The Morgan fingerprint density at radius 1 is 0.929 bits per heavy atom. The van der Waals surface area contributed by atoms with Gasteiger partial charge in [-0.2, -0.15) is 0 Å². The molecule has 82 valence electrons. The quantitative estimate of drug-likeness (QED) is 0.454. The van der Waals surface area contributed by atoms with E-state index >= 15 is 0 Å². The molecule has 2 heteroatoms. The van der Waals surface area contributed by atoms with Crippen LogP contribution in [-0.2, 0) is 4.74 Å². The lowest BCUT2D eigenvalue weighted by molar-refractivity contribution is 0.262. The number of unbranched alkanes of at least 4 members (excludes halogenated alkanes) is 7. The van der Waals surface area contributed by atoms with Crippen molar-refractivity contribution in [2.24, 2.45) is 0 Å². The molecule has 0 aromatic heterocycles. The summed E-state index contributed by atoms with van der Waals surface area (Å²) in [6.07, 6.45) is 14.2. The zero-order valence-electron chi connectivity index (χ0n) is 9.22. The highest BCUT2D eigenvalue weighted by molar-refractivity contribution is 4.76. The minimum Gasteiger partial charge on any atom is -0.460 e. The van der Waals surface area contributed by atoms with E-state index in [0.717, 1.165) is 6.42 Å². The van der Waals surface area contributed by atoms with E-state index in [1.54, 1.807) is 6.11 Å². The van der Waals surface area contributed by atoms with Gasteiger partial charge in [0, 0.05) is 0 Å². The maximum atomic E-state index is 8.10. The van der Waals surface area contributed by atoms with E-state index in [-0.39, 0.29) is 0 Å². The van der Waals surface area contributed by atoms with Gasteiger partial charge in [0.2, 0.25) is 0 Å². The van der Waals surface area contributed by atoms with Crippen LogP contribution in [0.2, 0.25) is 0 Å². The Labute approximate surface area is 87.7 Å². The highest BCUT2D eigenvalue weighted by Gasteiger charge is 1.91. The summed E-state index contributed by atoms with van der Waals surface area (Å²) >= 11 is 0. The SMILES string of the molecule is CCCCCCCCCCOC#CO. The molecule has 14 heavy (non-hydrogen) atoms. The van der Waals surface area contributed by atoms with E-state index in [1.165, 1.54) is 44.9 Å². The number of hydrogen-bond donors (Lipinski definition) is 1. The maximum Gasteiger partial charge on any atom is 0.154 e. The van der Waals surface area contributed by atoms with Gasteiger partial charge < -0.3 is 9.84 Å². The zero-order chi connectivity index (χ0) is 10.5. The Morgan fingerprint density at radius 2 is 1.50 bits per heavy atom. The second kappa shape index (κ2) is 12.2. The van der Waals surface area contributed by atoms with Crippen LogP contribution >= 0.6 is 0 Å². The molecule has 0 aliphatic heterocycles. The molecular formula is C12H22O2. The Balaban J connectivity index is 2.87. The molecule has 0 saturated carbocycles. The summed E-state index contributed by atoms with van der Waals surface area (Å²) < 4.78 is 4.82. The predicted molar refractivity (Wildman–Crippen MR) is 58.3 cm³/mol. The summed E-state index contributed by atoms with van der Waals surface area (Å²) in [7, 11) is 0. The molecule has 0 fully saturated rings. The predicted octanol–water partition coefficient (Wildman–Crippen LogP) is 3.43. The molecule has 0 aromatic carbocycles. The first-order chi connectivity index (χ1) is 6.91. The monoisotopic (exact) mass is 198 g/mol. The molecule has 0 atom stereocenters. The van der Waals surface area contributed by atoms with Crippen LogP contribution in [0.1, 0.15) is 58.3 Å². The van der Waals surface area contributed by atoms with Gasteiger partial charge in [-0.15, -0.1) is 0 Å². The van der Waals surface area contributed by atoms with Crippen LogP contribution in [0.5, 0.6) is 0 Å². The van der Waals surface area contributed by atoms with E-state index in [0.29, 0.717) is 6.61 Å². The van der Waals surface area contributed by atoms with Crippen molar-refractivity contribution in [2.45, 2.75) is 58.3 Å².